The topological polar surface area (TPSA) is 74.7 Å². The van der Waals surface area contributed by atoms with Crippen LogP contribution in [0.15, 0.2) is 49.2 Å². The average Bonchev–Trinajstić information content (AvgIpc) is 3.80. The second-order valence-electron chi connectivity index (χ2n) is 12.2. The maximum Gasteiger partial charge on any atom is 0.319 e. The zero-order valence-corrected chi connectivity index (χ0v) is 25.2. The van der Waals surface area contributed by atoms with Crippen molar-refractivity contribution in [3.63, 3.8) is 0 Å². The number of halogens is 2. The summed E-state index contributed by atoms with van der Waals surface area (Å²) in [6, 6.07) is 8.19. The predicted molar refractivity (Wildman–Crippen MR) is 170 cm³/mol. The third kappa shape index (κ3) is 4.86. The van der Waals surface area contributed by atoms with E-state index in [2.05, 4.69) is 27.4 Å². The largest absolute Gasteiger partial charge is 0.461 e. The summed E-state index contributed by atoms with van der Waals surface area (Å²) in [5, 5.41) is 1.49. The first-order chi connectivity index (χ1) is 21.8. The summed E-state index contributed by atoms with van der Waals surface area (Å²) in [6.45, 7) is 7.18. The van der Waals surface area contributed by atoms with Crippen LogP contribution < -0.4 is 9.64 Å². The minimum Gasteiger partial charge on any atom is -0.461 e. The smallest absolute Gasteiger partial charge is 0.319 e. The molecule has 45 heavy (non-hydrogen) atoms. The quantitative estimate of drug-likeness (QED) is 0.207. The fraction of sp³-hybridized carbons (Fsp3) is 0.371. The number of pyridine rings is 1. The number of ether oxygens (including phenoxy) is 1. The number of terminal acetylenes is 1. The Hall–Kier alpha value is -4.62. The SMILES string of the molecule is C#Cc1c(F)ccc2cccc(-c3ncc4c(N(C)C5CCN(C(=O)C=C)C5)nc(OCC56CCCN5CCC6)nc4c3F)c12. The van der Waals surface area contributed by atoms with Crippen LogP contribution in [0.1, 0.15) is 37.7 Å². The fourth-order valence-electron chi connectivity index (χ4n) is 7.46. The molecule has 2 aromatic heterocycles. The van der Waals surface area contributed by atoms with Crippen LogP contribution in [-0.4, -0.2) is 82.1 Å². The van der Waals surface area contributed by atoms with E-state index in [1.54, 1.807) is 35.4 Å². The number of hydrogen-bond donors (Lipinski definition) is 0. The number of aromatic nitrogens is 3. The first-order valence-corrected chi connectivity index (χ1v) is 15.4. The van der Waals surface area contributed by atoms with Crippen molar-refractivity contribution in [3.8, 4) is 29.6 Å². The number of anilines is 1. The van der Waals surface area contributed by atoms with Crippen LogP contribution in [0.3, 0.4) is 0 Å². The third-order valence-corrected chi connectivity index (χ3v) is 9.85. The summed E-state index contributed by atoms with van der Waals surface area (Å²) in [4.78, 5) is 32.4. The van der Waals surface area contributed by atoms with E-state index in [-0.39, 0.29) is 40.3 Å². The molecule has 1 unspecified atom stereocenters. The van der Waals surface area contributed by atoms with Crippen molar-refractivity contribution in [2.24, 2.45) is 0 Å². The van der Waals surface area contributed by atoms with Crippen LogP contribution in [0.2, 0.25) is 0 Å². The summed E-state index contributed by atoms with van der Waals surface area (Å²) in [5.74, 6) is 1.53. The molecule has 0 bridgehead atoms. The molecule has 3 aliphatic rings. The number of amides is 1. The molecular weight excluding hydrogens is 574 g/mol. The van der Waals surface area contributed by atoms with E-state index in [0.717, 1.165) is 38.8 Å². The van der Waals surface area contributed by atoms with E-state index in [4.69, 9.17) is 16.1 Å². The number of nitrogens with zero attached hydrogens (tertiary/aromatic N) is 6. The molecule has 5 heterocycles. The van der Waals surface area contributed by atoms with Gasteiger partial charge in [-0.3, -0.25) is 14.7 Å². The van der Waals surface area contributed by atoms with Crippen LogP contribution in [0.25, 0.3) is 32.9 Å². The molecule has 7 rings (SSSR count). The Bertz CT molecular complexity index is 1880. The van der Waals surface area contributed by atoms with E-state index < -0.39 is 11.6 Å². The second kappa shape index (κ2) is 11.4. The van der Waals surface area contributed by atoms with Crippen molar-refractivity contribution in [1.29, 1.82) is 0 Å². The molecule has 1 amide bonds. The van der Waals surface area contributed by atoms with E-state index >= 15 is 4.39 Å². The fourth-order valence-corrected chi connectivity index (χ4v) is 7.46. The number of carbonyl (C=O) groups excluding carboxylic acids is 1. The highest BCUT2D eigenvalue weighted by atomic mass is 19.1. The number of carbonyl (C=O) groups is 1. The van der Waals surface area contributed by atoms with Crippen LogP contribution in [0.5, 0.6) is 6.01 Å². The number of benzene rings is 2. The molecule has 3 fully saturated rings. The average molecular weight is 609 g/mol. The number of rotatable bonds is 7. The van der Waals surface area contributed by atoms with E-state index in [1.165, 1.54) is 12.1 Å². The molecule has 1 atom stereocenters. The van der Waals surface area contributed by atoms with Gasteiger partial charge in [0.25, 0.3) is 0 Å². The van der Waals surface area contributed by atoms with Crippen molar-refractivity contribution in [2.45, 2.75) is 43.7 Å². The highest BCUT2D eigenvalue weighted by Crippen LogP contribution is 2.40. The third-order valence-electron chi connectivity index (χ3n) is 9.85. The summed E-state index contributed by atoms with van der Waals surface area (Å²) in [5.41, 5.74) is 0.423. The standard InChI is InChI=1S/C35H34F2N6O2/c1-4-24-27(36)12-11-22-9-6-10-25(29(22)24)31-30(37)32-26(19-38-31)33(41(3)23-13-18-42(20-23)28(44)5-2)40-34(39-32)45-21-35-14-7-16-43(35)17-8-15-35/h1,5-6,9-12,19,23H,2,7-8,13-18,20-21H2,3H3. The maximum absolute atomic E-state index is 16.7. The van der Waals surface area contributed by atoms with Crippen LogP contribution in [-0.2, 0) is 4.79 Å². The molecule has 0 saturated carbocycles. The zero-order chi connectivity index (χ0) is 31.3. The van der Waals surface area contributed by atoms with Gasteiger partial charge in [-0.15, -0.1) is 6.42 Å². The normalized spacial score (nSPS) is 19.2. The van der Waals surface area contributed by atoms with Crippen molar-refractivity contribution in [1.82, 2.24) is 24.8 Å². The minimum atomic E-state index is -0.675. The Balaban J connectivity index is 1.35. The molecule has 0 aliphatic carbocycles. The molecule has 2 aromatic carbocycles. The molecular formula is C35H34F2N6O2. The Morgan fingerprint density at radius 3 is 2.76 bits per heavy atom. The first-order valence-electron chi connectivity index (χ1n) is 15.4. The lowest BCUT2D eigenvalue weighted by Gasteiger charge is -2.31. The molecule has 230 valence electrons. The van der Waals surface area contributed by atoms with E-state index in [1.807, 2.05) is 11.9 Å². The van der Waals surface area contributed by atoms with E-state index in [0.29, 0.717) is 53.7 Å². The molecule has 3 aliphatic heterocycles. The van der Waals surface area contributed by atoms with Gasteiger partial charge in [0, 0.05) is 43.3 Å². The van der Waals surface area contributed by atoms with Crippen molar-refractivity contribution < 1.29 is 18.3 Å². The Labute approximate surface area is 260 Å². The molecule has 0 spiro atoms. The van der Waals surface area contributed by atoms with Gasteiger partial charge in [-0.05, 0) is 62.7 Å². The molecule has 4 aromatic rings. The molecule has 8 nitrogen and oxygen atoms in total. The van der Waals surface area contributed by atoms with Crippen molar-refractivity contribution >= 4 is 33.4 Å². The predicted octanol–water partition coefficient (Wildman–Crippen LogP) is 5.33. The summed E-state index contributed by atoms with van der Waals surface area (Å²) in [6.07, 6.45) is 13.6. The maximum atomic E-state index is 16.7. The minimum absolute atomic E-state index is 0.00780. The number of likely N-dealkylation sites (tertiary alicyclic amines) is 1. The zero-order valence-electron chi connectivity index (χ0n) is 25.2. The number of likely N-dealkylation sites (N-methyl/N-ethyl adjacent to an activating group) is 1. The van der Waals surface area contributed by atoms with Crippen molar-refractivity contribution in [2.75, 3.05) is 44.7 Å². The summed E-state index contributed by atoms with van der Waals surface area (Å²) >= 11 is 0. The van der Waals surface area contributed by atoms with E-state index in [9.17, 15) is 9.18 Å². The van der Waals surface area contributed by atoms with Gasteiger partial charge < -0.3 is 14.5 Å². The van der Waals surface area contributed by atoms with Gasteiger partial charge in [-0.25, -0.2) is 8.78 Å². The number of hydrogen-bond acceptors (Lipinski definition) is 7. The molecule has 0 N–H and O–H groups in total. The molecule has 0 radical (unpaired) electrons. The second-order valence-corrected chi connectivity index (χ2v) is 12.2. The van der Waals surface area contributed by atoms with Gasteiger partial charge in [0.05, 0.1) is 16.5 Å². The summed E-state index contributed by atoms with van der Waals surface area (Å²) < 4.78 is 37.9. The van der Waals surface area contributed by atoms with Crippen LogP contribution in [0, 0.1) is 24.0 Å². The van der Waals surface area contributed by atoms with Gasteiger partial charge >= 0.3 is 6.01 Å². The summed E-state index contributed by atoms with van der Waals surface area (Å²) in [7, 11) is 1.88. The monoisotopic (exact) mass is 608 g/mol. The van der Waals surface area contributed by atoms with Crippen LogP contribution >= 0.6 is 0 Å². The Morgan fingerprint density at radius 2 is 2.00 bits per heavy atom. The highest BCUT2D eigenvalue weighted by molar-refractivity contribution is 6.02. The lowest BCUT2D eigenvalue weighted by Crippen LogP contribution is -2.43. The Kier molecular flexibility index (Phi) is 7.37. The van der Waals surface area contributed by atoms with Crippen molar-refractivity contribution in [3.05, 3.63) is 66.4 Å². The molecule has 3 saturated heterocycles. The van der Waals surface area contributed by atoms with Crippen LogP contribution in [0.4, 0.5) is 14.6 Å². The van der Waals surface area contributed by atoms with Gasteiger partial charge in [0.1, 0.15) is 29.5 Å². The van der Waals surface area contributed by atoms with Gasteiger partial charge in [0.15, 0.2) is 5.82 Å². The Morgan fingerprint density at radius 1 is 1.20 bits per heavy atom. The highest BCUT2D eigenvalue weighted by Gasteiger charge is 2.45. The lowest BCUT2D eigenvalue weighted by molar-refractivity contribution is -0.125. The van der Waals surface area contributed by atoms with Gasteiger partial charge in [-0.2, -0.15) is 9.97 Å². The molecule has 10 heteroatoms. The van der Waals surface area contributed by atoms with Gasteiger partial charge in [0.2, 0.25) is 5.91 Å². The number of fused-ring (bicyclic) bond motifs is 3. The van der Waals surface area contributed by atoms with Gasteiger partial charge in [-0.1, -0.05) is 36.8 Å². The lowest BCUT2D eigenvalue weighted by atomic mass is 9.95. The first kappa shape index (κ1) is 29.1.